The Kier molecular flexibility index (Phi) is 7.13. The summed E-state index contributed by atoms with van der Waals surface area (Å²) in [6.45, 7) is 7.68. The highest BCUT2D eigenvalue weighted by Crippen LogP contribution is 1.87. The van der Waals surface area contributed by atoms with Crippen LogP contribution in [-0.4, -0.2) is 10.1 Å². The fourth-order valence-electron chi connectivity index (χ4n) is 0.568. The zero-order valence-electron chi connectivity index (χ0n) is 9.02. The highest BCUT2D eigenvalue weighted by molar-refractivity contribution is 4.89. The van der Waals surface area contributed by atoms with E-state index in [1.165, 1.54) is 0 Å². The van der Waals surface area contributed by atoms with Crippen LogP contribution in [0.2, 0.25) is 0 Å². The van der Waals surface area contributed by atoms with Crippen molar-refractivity contribution in [3.8, 4) is 0 Å². The Balaban J connectivity index is 0.000000206. The molecule has 0 aliphatic carbocycles. The van der Waals surface area contributed by atoms with Gasteiger partial charge in [-0.2, -0.15) is 0 Å². The Morgan fingerprint density at radius 1 is 1.14 bits per heavy atom. The number of hydrogen-bond acceptors (Lipinski definition) is 4. The molecule has 0 atom stereocenters. The standard InChI is InChI=1S/2C4H5NO.C2H6/c1-4-5-2-3-6-4;1-4-2-3-6-5-4;1-2/h2*2-3H,1H3;1-2H3. The molecule has 2 aromatic rings. The molecule has 4 nitrogen and oxygen atoms in total. The predicted octanol–water partition coefficient (Wildman–Crippen LogP) is 2.99. The lowest BCUT2D eigenvalue weighted by Gasteiger charge is -1.67. The van der Waals surface area contributed by atoms with E-state index in [9.17, 15) is 0 Å². The van der Waals surface area contributed by atoms with Crippen LogP contribution < -0.4 is 0 Å². The van der Waals surface area contributed by atoms with Crippen molar-refractivity contribution in [2.45, 2.75) is 27.7 Å². The largest absolute Gasteiger partial charge is 0.449 e. The van der Waals surface area contributed by atoms with Crippen molar-refractivity contribution in [3.05, 3.63) is 36.4 Å². The molecule has 0 aliphatic heterocycles. The van der Waals surface area contributed by atoms with Crippen LogP contribution in [0.3, 0.4) is 0 Å². The molecule has 14 heavy (non-hydrogen) atoms. The first-order chi connectivity index (χ1) is 6.79. The van der Waals surface area contributed by atoms with Crippen LogP contribution in [0.5, 0.6) is 0 Å². The molecule has 0 saturated heterocycles. The van der Waals surface area contributed by atoms with Crippen LogP contribution in [0, 0.1) is 13.8 Å². The van der Waals surface area contributed by atoms with Gasteiger partial charge in [0.15, 0.2) is 5.89 Å². The Hall–Kier alpha value is -1.58. The lowest BCUT2D eigenvalue weighted by molar-refractivity contribution is 0.415. The lowest BCUT2D eigenvalue weighted by Crippen LogP contribution is -1.59. The third kappa shape index (κ3) is 5.99. The Bertz CT molecular complexity index is 256. The van der Waals surface area contributed by atoms with Crippen LogP contribution in [0.1, 0.15) is 25.4 Å². The van der Waals surface area contributed by atoms with Gasteiger partial charge in [0.25, 0.3) is 0 Å². The average molecular weight is 196 g/mol. The molecule has 0 amide bonds. The highest BCUT2D eigenvalue weighted by atomic mass is 16.5. The van der Waals surface area contributed by atoms with E-state index in [1.807, 2.05) is 20.8 Å². The molecule has 0 bridgehead atoms. The van der Waals surface area contributed by atoms with Crippen molar-refractivity contribution >= 4 is 0 Å². The second-order valence-electron chi connectivity index (χ2n) is 2.19. The van der Waals surface area contributed by atoms with E-state index in [-0.39, 0.29) is 0 Å². The molecule has 2 aromatic heterocycles. The van der Waals surface area contributed by atoms with E-state index in [0.717, 1.165) is 11.6 Å². The minimum Gasteiger partial charge on any atom is -0.449 e. The second kappa shape index (κ2) is 8.04. The molecule has 4 heteroatoms. The van der Waals surface area contributed by atoms with Gasteiger partial charge in [0, 0.05) is 13.0 Å². The van der Waals surface area contributed by atoms with Gasteiger partial charge in [0.05, 0.1) is 11.9 Å². The van der Waals surface area contributed by atoms with Gasteiger partial charge >= 0.3 is 0 Å². The molecule has 0 unspecified atom stereocenters. The summed E-state index contributed by atoms with van der Waals surface area (Å²) in [6.07, 6.45) is 4.72. The Morgan fingerprint density at radius 3 is 2.00 bits per heavy atom. The minimum atomic E-state index is 0.718. The Morgan fingerprint density at radius 2 is 1.86 bits per heavy atom. The molecule has 0 aromatic carbocycles. The minimum absolute atomic E-state index is 0.718. The quantitative estimate of drug-likeness (QED) is 0.650. The first-order valence-electron chi connectivity index (χ1n) is 4.52. The number of rotatable bonds is 0. The number of aromatic nitrogens is 2. The molecule has 78 valence electrons. The van der Waals surface area contributed by atoms with Crippen molar-refractivity contribution in [3.63, 3.8) is 0 Å². The fourth-order valence-corrected chi connectivity index (χ4v) is 0.568. The van der Waals surface area contributed by atoms with Crippen molar-refractivity contribution in [1.29, 1.82) is 0 Å². The lowest BCUT2D eigenvalue weighted by atomic mass is 10.5. The third-order valence-electron chi connectivity index (χ3n) is 1.12. The molecule has 2 rings (SSSR count). The Labute approximate surface area is 83.9 Å². The first kappa shape index (κ1) is 12.4. The second-order valence-corrected chi connectivity index (χ2v) is 2.19. The summed E-state index contributed by atoms with van der Waals surface area (Å²) < 4.78 is 9.19. The molecular formula is C10H16N2O2. The highest BCUT2D eigenvalue weighted by Gasteiger charge is 1.78. The van der Waals surface area contributed by atoms with Gasteiger partial charge in [0.2, 0.25) is 0 Å². The van der Waals surface area contributed by atoms with Gasteiger partial charge in [-0.15, -0.1) is 0 Å². The molecule has 0 fully saturated rings. The predicted molar refractivity (Wildman–Crippen MR) is 53.8 cm³/mol. The van der Waals surface area contributed by atoms with E-state index in [0.29, 0.717) is 0 Å². The number of oxazole rings is 1. The van der Waals surface area contributed by atoms with Crippen molar-refractivity contribution in [1.82, 2.24) is 10.1 Å². The van der Waals surface area contributed by atoms with Gasteiger partial charge in [0.1, 0.15) is 12.5 Å². The molecular weight excluding hydrogens is 180 g/mol. The maximum atomic E-state index is 4.72. The monoisotopic (exact) mass is 196 g/mol. The third-order valence-corrected chi connectivity index (χ3v) is 1.12. The van der Waals surface area contributed by atoms with Crippen LogP contribution in [0.4, 0.5) is 0 Å². The smallest absolute Gasteiger partial charge is 0.190 e. The van der Waals surface area contributed by atoms with Crippen LogP contribution in [0.25, 0.3) is 0 Å². The maximum Gasteiger partial charge on any atom is 0.190 e. The zero-order chi connectivity index (χ0) is 10.8. The van der Waals surface area contributed by atoms with E-state index >= 15 is 0 Å². The zero-order valence-corrected chi connectivity index (χ0v) is 9.02. The van der Waals surface area contributed by atoms with Crippen LogP contribution >= 0.6 is 0 Å². The van der Waals surface area contributed by atoms with Gasteiger partial charge in [-0.25, -0.2) is 4.98 Å². The van der Waals surface area contributed by atoms with E-state index in [1.54, 1.807) is 31.7 Å². The summed E-state index contributed by atoms with van der Waals surface area (Å²) >= 11 is 0. The van der Waals surface area contributed by atoms with Gasteiger partial charge < -0.3 is 8.94 Å². The van der Waals surface area contributed by atoms with Crippen LogP contribution in [0.15, 0.2) is 33.7 Å². The fraction of sp³-hybridized carbons (Fsp3) is 0.400. The number of hydrogen-bond donors (Lipinski definition) is 0. The molecule has 0 N–H and O–H groups in total. The van der Waals surface area contributed by atoms with Gasteiger partial charge in [-0.1, -0.05) is 19.0 Å². The summed E-state index contributed by atoms with van der Waals surface area (Å²) in [6, 6.07) is 1.81. The molecule has 0 spiro atoms. The summed E-state index contributed by atoms with van der Waals surface area (Å²) in [5, 5.41) is 3.54. The maximum absolute atomic E-state index is 4.72. The summed E-state index contributed by atoms with van der Waals surface area (Å²) in [7, 11) is 0. The molecule has 2 heterocycles. The van der Waals surface area contributed by atoms with Gasteiger partial charge in [-0.3, -0.25) is 0 Å². The number of nitrogens with zero attached hydrogens (tertiary/aromatic N) is 2. The summed E-state index contributed by atoms with van der Waals surface area (Å²) in [4.78, 5) is 3.75. The average Bonchev–Trinajstić information content (AvgIpc) is 2.83. The molecule has 0 aliphatic rings. The first-order valence-corrected chi connectivity index (χ1v) is 4.52. The molecule has 0 saturated carbocycles. The van der Waals surface area contributed by atoms with Crippen molar-refractivity contribution in [2.75, 3.05) is 0 Å². The SMILES string of the molecule is CC.Cc1ccon1.Cc1ncco1. The van der Waals surface area contributed by atoms with E-state index in [4.69, 9.17) is 4.42 Å². The molecule has 0 radical (unpaired) electrons. The number of aryl methyl sites for hydroxylation is 2. The van der Waals surface area contributed by atoms with Crippen molar-refractivity contribution < 1.29 is 8.94 Å². The summed E-state index contributed by atoms with van der Waals surface area (Å²) in [5.41, 5.74) is 0.926. The summed E-state index contributed by atoms with van der Waals surface area (Å²) in [5.74, 6) is 0.718. The van der Waals surface area contributed by atoms with E-state index in [2.05, 4.69) is 14.7 Å². The van der Waals surface area contributed by atoms with Crippen LogP contribution in [-0.2, 0) is 0 Å². The normalized spacial score (nSPS) is 8.00. The topological polar surface area (TPSA) is 52.1 Å². The van der Waals surface area contributed by atoms with Crippen molar-refractivity contribution in [2.24, 2.45) is 0 Å². The van der Waals surface area contributed by atoms with Gasteiger partial charge in [-0.05, 0) is 6.92 Å². The van der Waals surface area contributed by atoms with E-state index < -0.39 is 0 Å².